The number of alkyl carbamates (subject to hydrolysis) is 1. The van der Waals surface area contributed by atoms with Gasteiger partial charge >= 0.3 is 30.0 Å². The van der Waals surface area contributed by atoms with Gasteiger partial charge in [0.2, 0.25) is 5.91 Å². The number of ether oxygens (including phenoxy) is 6. The molecule has 0 bridgehead atoms. The first-order valence-electron chi connectivity index (χ1n) is 16.5. The predicted molar refractivity (Wildman–Crippen MR) is 180 cm³/mol. The van der Waals surface area contributed by atoms with Crippen molar-refractivity contribution >= 4 is 35.9 Å². The summed E-state index contributed by atoms with van der Waals surface area (Å²) in [5.41, 5.74) is -3.33. The lowest BCUT2D eigenvalue weighted by atomic mass is 9.92. The van der Waals surface area contributed by atoms with E-state index < -0.39 is 101 Å². The molecule has 5 atom stereocenters. The van der Waals surface area contributed by atoms with Gasteiger partial charge in [-0.3, -0.25) is 24.0 Å². The van der Waals surface area contributed by atoms with Crippen LogP contribution in [0.15, 0.2) is 30.3 Å². The van der Waals surface area contributed by atoms with Crippen molar-refractivity contribution in [1.29, 1.82) is 0 Å². The van der Waals surface area contributed by atoms with Crippen LogP contribution in [0.4, 0.5) is 4.79 Å². The quantitative estimate of drug-likeness (QED) is 0.262. The third-order valence-electron chi connectivity index (χ3n) is 7.10. The van der Waals surface area contributed by atoms with E-state index in [1.807, 2.05) is 6.07 Å². The zero-order valence-corrected chi connectivity index (χ0v) is 31.3. The fourth-order valence-corrected chi connectivity index (χ4v) is 3.98. The first kappa shape index (κ1) is 42.0. The Labute approximate surface area is 294 Å². The number of nitrogens with one attached hydrogen (secondary N) is 2. The lowest BCUT2D eigenvalue weighted by Crippen LogP contribution is -2.67. The summed E-state index contributed by atoms with van der Waals surface area (Å²) in [5.74, 6) is -3.60. The van der Waals surface area contributed by atoms with Gasteiger partial charge in [0.25, 0.3) is 0 Å². The second-order valence-corrected chi connectivity index (χ2v) is 16.3. The third-order valence-corrected chi connectivity index (χ3v) is 7.10. The highest BCUT2D eigenvalue weighted by Gasteiger charge is 2.55. The summed E-state index contributed by atoms with van der Waals surface area (Å²) in [6.45, 7) is 18.3. The van der Waals surface area contributed by atoms with Crippen molar-refractivity contribution in [3.05, 3.63) is 35.9 Å². The molecule has 0 radical (unpaired) electrons. The van der Waals surface area contributed by atoms with Gasteiger partial charge in [0.05, 0.1) is 21.7 Å². The van der Waals surface area contributed by atoms with Gasteiger partial charge < -0.3 is 39.1 Å². The number of carbonyl (C=O) groups is 6. The minimum Gasteiger partial charge on any atom is -0.462 e. The third kappa shape index (κ3) is 12.9. The van der Waals surface area contributed by atoms with Gasteiger partial charge in [-0.1, -0.05) is 30.3 Å². The van der Waals surface area contributed by atoms with Crippen molar-refractivity contribution in [2.24, 2.45) is 21.7 Å². The Morgan fingerprint density at radius 3 is 1.56 bits per heavy atom. The van der Waals surface area contributed by atoms with Crippen LogP contribution in [-0.4, -0.2) is 79.7 Å². The predicted octanol–water partition coefficient (Wildman–Crippen LogP) is 4.22. The average molecular weight is 707 g/mol. The van der Waals surface area contributed by atoms with Crippen molar-refractivity contribution in [3.63, 3.8) is 0 Å². The summed E-state index contributed by atoms with van der Waals surface area (Å²) in [6, 6.07) is 8.93. The van der Waals surface area contributed by atoms with E-state index in [9.17, 15) is 28.8 Å². The molecule has 0 spiro atoms. The molecule has 2 amide bonds. The summed E-state index contributed by atoms with van der Waals surface area (Å²) >= 11 is 0. The van der Waals surface area contributed by atoms with Crippen LogP contribution < -0.4 is 10.6 Å². The van der Waals surface area contributed by atoms with Crippen LogP contribution in [0.2, 0.25) is 0 Å². The number of benzene rings is 1. The molecule has 50 heavy (non-hydrogen) atoms. The second kappa shape index (κ2) is 16.7. The summed E-state index contributed by atoms with van der Waals surface area (Å²) in [6.07, 6.45) is -8.28. The van der Waals surface area contributed by atoms with Gasteiger partial charge in [-0.15, -0.1) is 0 Å². The molecular formula is C36H54N2O12. The van der Waals surface area contributed by atoms with E-state index in [-0.39, 0.29) is 6.61 Å². The van der Waals surface area contributed by atoms with Crippen LogP contribution in [0.3, 0.4) is 0 Å². The smallest absolute Gasteiger partial charge is 0.407 e. The Kier molecular flexibility index (Phi) is 14.0. The van der Waals surface area contributed by atoms with Crippen LogP contribution in [0.5, 0.6) is 0 Å². The van der Waals surface area contributed by atoms with Crippen LogP contribution >= 0.6 is 0 Å². The molecule has 0 saturated carbocycles. The molecule has 1 aliphatic heterocycles. The molecule has 1 aliphatic rings. The number of rotatable bonds is 10. The fourth-order valence-electron chi connectivity index (χ4n) is 3.98. The number of esters is 4. The first-order valence-corrected chi connectivity index (χ1v) is 16.5. The molecule has 1 aromatic rings. The Morgan fingerprint density at radius 1 is 0.620 bits per heavy atom. The molecule has 280 valence electrons. The molecule has 1 saturated heterocycles. The highest BCUT2D eigenvalue weighted by atomic mass is 16.7. The maximum absolute atomic E-state index is 13.4. The maximum Gasteiger partial charge on any atom is 0.407 e. The van der Waals surface area contributed by atoms with E-state index in [0.29, 0.717) is 0 Å². The molecular weight excluding hydrogens is 652 g/mol. The van der Waals surface area contributed by atoms with Gasteiger partial charge in [0.15, 0.2) is 24.5 Å². The fraction of sp³-hybridized carbons (Fsp3) is 0.667. The number of hydrogen-bond donors (Lipinski definition) is 2. The van der Waals surface area contributed by atoms with Gasteiger partial charge in [-0.25, -0.2) is 4.79 Å². The van der Waals surface area contributed by atoms with Gasteiger partial charge in [-0.05, 0) is 88.6 Å². The molecule has 1 aromatic carbocycles. The summed E-state index contributed by atoms with van der Waals surface area (Å²) < 4.78 is 34.6. The van der Waals surface area contributed by atoms with Crippen molar-refractivity contribution in [3.8, 4) is 0 Å². The van der Waals surface area contributed by atoms with E-state index in [1.165, 1.54) is 0 Å². The topological polar surface area (TPSA) is 182 Å². The van der Waals surface area contributed by atoms with Crippen molar-refractivity contribution in [1.82, 2.24) is 10.6 Å². The molecule has 0 unspecified atom stereocenters. The Balaban J connectivity index is 2.51. The Bertz CT molecular complexity index is 1370. The van der Waals surface area contributed by atoms with E-state index in [1.54, 1.807) is 107 Å². The largest absolute Gasteiger partial charge is 0.462 e. The molecule has 1 fully saturated rings. The molecule has 0 aromatic heterocycles. The highest BCUT2D eigenvalue weighted by Crippen LogP contribution is 2.33. The molecule has 0 aliphatic carbocycles. The number of hydrogen-bond acceptors (Lipinski definition) is 12. The monoisotopic (exact) mass is 706 g/mol. The van der Waals surface area contributed by atoms with Crippen LogP contribution in [0.25, 0.3) is 0 Å². The van der Waals surface area contributed by atoms with Crippen molar-refractivity contribution < 1.29 is 57.2 Å². The molecule has 1 heterocycles. The standard InChI is InChI=1S/C36H54N2O12/c1-33(2,3)28(40)45-20-22-24(48-29(41)34(4,5)6)25(49-30(42)35(7,8)9)26(50-31(43)36(10,11)12)27(47-22)38-23(39)18-37-32(44)46-19-21-16-14-13-15-17-21/h13-17,22,24-27H,18-20H2,1-12H3,(H,37,44)(H,38,39)/t22-,24+,25+,26-,27-/m1/s1. The van der Waals surface area contributed by atoms with Gasteiger partial charge in [-0.2, -0.15) is 0 Å². The summed E-state index contributed by atoms with van der Waals surface area (Å²) in [5, 5.41) is 4.91. The van der Waals surface area contributed by atoms with Crippen molar-refractivity contribution in [2.75, 3.05) is 13.2 Å². The maximum atomic E-state index is 13.4. The molecule has 14 heteroatoms. The molecule has 2 N–H and O–H groups in total. The minimum atomic E-state index is -1.56. The van der Waals surface area contributed by atoms with E-state index in [0.717, 1.165) is 5.56 Å². The first-order chi connectivity index (χ1) is 22.8. The van der Waals surface area contributed by atoms with Crippen LogP contribution in [-0.2, 0) is 59.0 Å². The van der Waals surface area contributed by atoms with Gasteiger partial charge in [0, 0.05) is 0 Å². The number of carbonyl (C=O) groups excluding carboxylic acids is 6. The SMILES string of the molecule is CC(C)(C)C(=O)OC[C@H]1O[C@@H](NC(=O)CNC(=O)OCc2ccccc2)[C@H](OC(=O)C(C)(C)C)[C@@H](OC(=O)C(C)(C)C)[C@H]1OC(=O)C(C)(C)C. The van der Waals surface area contributed by atoms with Gasteiger partial charge in [0.1, 0.15) is 25.9 Å². The molecule has 14 nitrogen and oxygen atoms in total. The van der Waals surface area contributed by atoms with Crippen molar-refractivity contribution in [2.45, 2.75) is 120 Å². The Morgan fingerprint density at radius 2 is 1.08 bits per heavy atom. The zero-order chi connectivity index (χ0) is 38.2. The zero-order valence-electron chi connectivity index (χ0n) is 31.3. The highest BCUT2D eigenvalue weighted by molar-refractivity contribution is 5.82. The lowest BCUT2D eigenvalue weighted by Gasteiger charge is -2.46. The van der Waals surface area contributed by atoms with Crippen LogP contribution in [0, 0.1) is 21.7 Å². The Hall–Kier alpha value is -4.20. The van der Waals surface area contributed by atoms with Crippen LogP contribution in [0.1, 0.15) is 88.6 Å². The minimum absolute atomic E-state index is 0.0324. The van der Waals surface area contributed by atoms with E-state index in [2.05, 4.69) is 10.6 Å². The van der Waals surface area contributed by atoms with E-state index >= 15 is 0 Å². The molecule has 2 rings (SSSR count). The van der Waals surface area contributed by atoms with E-state index in [4.69, 9.17) is 28.4 Å². The number of amides is 2. The normalized spacial score (nSPS) is 21.2. The lowest BCUT2D eigenvalue weighted by molar-refractivity contribution is -0.264. The second-order valence-electron chi connectivity index (χ2n) is 16.3. The summed E-state index contributed by atoms with van der Waals surface area (Å²) in [7, 11) is 0. The average Bonchev–Trinajstić information content (AvgIpc) is 2.98. The summed E-state index contributed by atoms with van der Waals surface area (Å²) in [4.78, 5) is 78.3.